The molecule has 4 rings (SSSR count). The van der Waals surface area contributed by atoms with Gasteiger partial charge in [0.1, 0.15) is 5.52 Å². The Bertz CT molecular complexity index is 758. The van der Waals surface area contributed by atoms with Crippen molar-refractivity contribution >= 4 is 22.4 Å². The van der Waals surface area contributed by atoms with Crippen LogP contribution in [0, 0.1) is 6.92 Å². The standard InChI is InChI=1S/C19H22N2OS/c1-14-10-11-18(23-14)16-7-4-12-21(16)13-5-9-19-20-15-6-2-3-8-17(15)22-19/h2-3,6,8,10-11,16H,4-5,7,9,12-13H2,1H3. The summed E-state index contributed by atoms with van der Waals surface area (Å²) < 4.78 is 5.82. The number of para-hydroxylation sites is 2. The molecule has 1 aliphatic heterocycles. The minimum absolute atomic E-state index is 0.623. The van der Waals surface area contributed by atoms with Crippen LogP contribution >= 0.6 is 11.3 Å². The highest BCUT2D eigenvalue weighted by Crippen LogP contribution is 2.35. The van der Waals surface area contributed by atoms with Crippen LogP contribution in [0.4, 0.5) is 0 Å². The summed E-state index contributed by atoms with van der Waals surface area (Å²) in [5, 5.41) is 0. The van der Waals surface area contributed by atoms with E-state index in [0.29, 0.717) is 6.04 Å². The number of oxazole rings is 1. The average molecular weight is 326 g/mol. The van der Waals surface area contributed by atoms with Gasteiger partial charge in [0, 0.05) is 22.2 Å². The van der Waals surface area contributed by atoms with E-state index < -0.39 is 0 Å². The molecule has 3 aromatic rings. The molecular formula is C19H22N2OS. The first-order valence-electron chi connectivity index (χ1n) is 8.44. The quantitative estimate of drug-likeness (QED) is 0.663. The van der Waals surface area contributed by atoms with Crippen LogP contribution in [-0.4, -0.2) is 23.0 Å². The zero-order chi connectivity index (χ0) is 15.6. The van der Waals surface area contributed by atoms with Crippen molar-refractivity contribution in [1.82, 2.24) is 9.88 Å². The second kappa shape index (κ2) is 6.46. The molecule has 0 amide bonds. The summed E-state index contributed by atoms with van der Waals surface area (Å²) >= 11 is 1.95. The summed E-state index contributed by atoms with van der Waals surface area (Å²) in [6, 6.07) is 13.2. The lowest BCUT2D eigenvalue weighted by Crippen LogP contribution is -2.24. The van der Waals surface area contributed by atoms with Crippen molar-refractivity contribution < 1.29 is 4.42 Å². The van der Waals surface area contributed by atoms with Crippen molar-refractivity contribution in [2.75, 3.05) is 13.1 Å². The van der Waals surface area contributed by atoms with Gasteiger partial charge in [-0.3, -0.25) is 4.90 Å². The number of aromatic nitrogens is 1. The third-order valence-corrected chi connectivity index (χ3v) is 5.73. The van der Waals surface area contributed by atoms with Crippen LogP contribution in [0.2, 0.25) is 0 Å². The van der Waals surface area contributed by atoms with Gasteiger partial charge in [0.05, 0.1) is 0 Å². The highest BCUT2D eigenvalue weighted by molar-refractivity contribution is 7.12. The first-order chi connectivity index (χ1) is 11.3. The molecule has 2 aromatic heterocycles. The SMILES string of the molecule is Cc1ccc(C2CCCN2CCCc2nc3ccccc3o2)s1. The van der Waals surface area contributed by atoms with Crippen LogP contribution in [0.25, 0.3) is 11.1 Å². The number of fused-ring (bicyclic) bond motifs is 1. The summed E-state index contributed by atoms with van der Waals surface area (Å²) in [7, 11) is 0. The molecule has 3 heterocycles. The summed E-state index contributed by atoms with van der Waals surface area (Å²) in [5.41, 5.74) is 1.87. The molecule has 4 heteroatoms. The highest BCUT2D eigenvalue weighted by atomic mass is 32.1. The average Bonchev–Trinajstić information content (AvgIpc) is 3.25. The normalized spacial score (nSPS) is 18.9. The van der Waals surface area contributed by atoms with E-state index in [0.717, 1.165) is 36.4 Å². The van der Waals surface area contributed by atoms with Gasteiger partial charge in [0.15, 0.2) is 11.5 Å². The summed E-state index contributed by atoms with van der Waals surface area (Å²) in [6.45, 7) is 4.54. The minimum Gasteiger partial charge on any atom is -0.441 e. The number of likely N-dealkylation sites (tertiary alicyclic amines) is 1. The topological polar surface area (TPSA) is 29.3 Å². The Labute approximate surface area is 140 Å². The molecule has 1 fully saturated rings. The second-order valence-electron chi connectivity index (χ2n) is 6.32. The summed E-state index contributed by atoms with van der Waals surface area (Å²) in [5.74, 6) is 0.869. The van der Waals surface area contributed by atoms with E-state index >= 15 is 0 Å². The third kappa shape index (κ3) is 3.19. The number of rotatable bonds is 5. The van der Waals surface area contributed by atoms with Gasteiger partial charge in [-0.05, 0) is 63.5 Å². The molecule has 1 saturated heterocycles. The van der Waals surface area contributed by atoms with Gasteiger partial charge in [-0.25, -0.2) is 4.98 Å². The molecule has 0 bridgehead atoms. The van der Waals surface area contributed by atoms with E-state index in [1.165, 1.54) is 29.1 Å². The van der Waals surface area contributed by atoms with Crippen molar-refractivity contribution in [3.63, 3.8) is 0 Å². The monoisotopic (exact) mass is 326 g/mol. The fourth-order valence-corrected chi connectivity index (χ4v) is 4.56. The van der Waals surface area contributed by atoms with Crippen molar-refractivity contribution in [2.24, 2.45) is 0 Å². The molecule has 23 heavy (non-hydrogen) atoms. The van der Waals surface area contributed by atoms with Crippen LogP contribution in [0.15, 0.2) is 40.8 Å². The van der Waals surface area contributed by atoms with Crippen molar-refractivity contribution in [2.45, 2.75) is 38.6 Å². The lowest BCUT2D eigenvalue weighted by Gasteiger charge is -2.23. The predicted octanol–water partition coefficient (Wildman–Crippen LogP) is 4.97. The molecule has 1 aliphatic rings. The fraction of sp³-hybridized carbons (Fsp3) is 0.421. The van der Waals surface area contributed by atoms with Crippen molar-refractivity contribution in [3.8, 4) is 0 Å². The van der Waals surface area contributed by atoms with Gasteiger partial charge in [-0.2, -0.15) is 0 Å². The number of hydrogen-bond acceptors (Lipinski definition) is 4. The molecule has 0 N–H and O–H groups in total. The lowest BCUT2D eigenvalue weighted by atomic mass is 10.2. The Balaban J connectivity index is 1.36. The van der Waals surface area contributed by atoms with E-state index in [2.05, 4.69) is 28.9 Å². The van der Waals surface area contributed by atoms with Crippen LogP contribution in [0.1, 0.15) is 40.9 Å². The van der Waals surface area contributed by atoms with E-state index in [4.69, 9.17) is 4.42 Å². The zero-order valence-electron chi connectivity index (χ0n) is 13.5. The van der Waals surface area contributed by atoms with E-state index in [9.17, 15) is 0 Å². The Morgan fingerprint density at radius 2 is 2.17 bits per heavy atom. The number of aryl methyl sites for hydroxylation is 2. The van der Waals surface area contributed by atoms with Crippen LogP contribution < -0.4 is 0 Å². The molecule has 0 saturated carbocycles. The fourth-order valence-electron chi connectivity index (χ4n) is 3.51. The first-order valence-corrected chi connectivity index (χ1v) is 9.26. The molecule has 3 nitrogen and oxygen atoms in total. The molecule has 0 spiro atoms. The Hall–Kier alpha value is -1.65. The second-order valence-corrected chi connectivity index (χ2v) is 7.64. The van der Waals surface area contributed by atoms with Crippen LogP contribution in [0.3, 0.4) is 0 Å². The maximum Gasteiger partial charge on any atom is 0.195 e. The molecular weight excluding hydrogens is 304 g/mol. The molecule has 0 radical (unpaired) electrons. The Morgan fingerprint density at radius 3 is 3.00 bits per heavy atom. The first kappa shape index (κ1) is 14.9. The smallest absolute Gasteiger partial charge is 0.195 e. The van der Waals surface area contributed by atoms with E-state index in [1.807, 2.05) is 35.6 Å². The maximum absolute atomic E-state index is 5.82. The molecule has 120 valence electrons. The van der Waals surface area contributed by atoms with Crippen LogP contribution in [-0.2, 0) is 6.42 Å². The van der Waals surface area contributed by atoms with Gasteiger partial charge in [0.25, 0.3) is 0 Å². The highest BCUT2D eigenvalue weighted by Gasteiger charge is 2.26. The third-order valence-electron chi connectivity index (χ3n) is 4.63. The zero-order valence-corrected chi connectivity index (χ0v) is 14.3. The maximum atomic E-state index is 5.82. The van der Waals surface area contributed by atoms with Gasteiger partial charge < -0.3 is 4.42 Å². The van der Waals surface area contributed by atoms with Gasteiger partial charge >= 0.3 is 0 Å². The van der Waals surface area contributed by atoms with E-state index in [1.54, 1.807) is 0 Å². The molecule has 1 atom stereocenters. The van der Waals surface area contributed by atoms with Gasteiger partial charge in [-0.15, -0.1) is 11.3 Å². The van der Waals surface area contributed by atoms with Crippen molar-refractivity contribution in [1.29, 1.82) is 0 Å². The molecule has 0 aliphatic carbocycles. The number of hydrogen-bond donors (Lipinski definition) is 0. The number of thiophene rings is 1. The number of nitrogens with zero attached hydrogens (tertiary/aromatic N) is 2. The van der Waals surface area contributed by atoms with E-state index in [-0.39, 0.29) is 0 Å². The van der Waals surface area contributed by atoms with Crippen molar-refractivity contribution in [3.05, 3.63) is 52.0 Å². The Kier molecular flexibility index (Phi) is 4.19. The Morgan fingerprint density at radius 1 is 1.26 bits per heavy atom. The van der Waals surface area contributed by atoms with Gasteiger partial charge in [0.2, 0.25) is 0 Å². The summed E-state index contributed by atoms with van der Waals surface area (Å²) in [6.07, 6.45) is 4.63. The van der Waals surface area contributed by atoms with Gasteiger partial charge in [-0.1, -0.05) is 12.1 Å². The van der Waals surface area contributed by atoms with Crippen LogP contribution in [0.5, 0.6) is 0 Å². The molecule has 1 aromatic carbocycles. The predicted molar refractivity (Wildman–Crippen MR) is 94.9 cm³/mol. The minimum atomic E-state index is 0.623. The number of benzene rings is 1. The largest absolute Gasteiger partial charge is 0.441 e. The molecule has 1 unspecified atom stereocenters. The lowest BCUT2D eigenvalue weighted by molar-refractivity contribution is 0.255. The summed E-state index contributed by atoms with van der Waals surface area (Å²) in [4.78, 5) is 10.2.